The zero-order valence-corrected chi connectivity index (χ0v) is 40.5. The highest BCUT2D eigenvalue weighted by Gasteiger charge is 2.40. The minimum atomic E-state index is -0.727. The van der Waals surface area contributed by atoms with Crippen molar-refractivity contribution in [2.45, 2.75) is 134 Å². The molecule has 0 bridgehead atoms. The molecule has 4 aliphatic rings. The fourth-order valence-electron chi connectivity index (χ4n) is 10.4. The Labute approximate surface area is 403 Å². The molecule has 8 rings (SSSR count). The molecule has 0 aromatic heterocycles. The highest BCUT2D eigenvalue weighted by atomic mass is 19.1. The van der Waals surface area contributed by atoms with Gasteiger partial charge in [0, 0.05) is 31.9 Å². The number of carbonyl (C=O) groups is 4. The quantitative estimate of drug-likeness (QED) is 0.118. The molecule has 6 N–H and O–H groups in total. The van der Waals surface area contributed by atoms with Crippen LogP contribution in [-0.2, 0) is 19.1 Å². The molecule has 4 fully saturated rings. The number of rotatable bonds is 9. The van der Waals surface area contributed by atoms with E-state index < -0.39 is 59.2 Å². The number of anilines is 6. The lowest BCUT2D eigenvalue weighted by Gasteiger charge is -2.36. The number of hydrogen-bond acceptors (Lipinski definition) is 10. The SMILES string of the molecule is CC(C)(C)OC(=O)N1CCCC1C(=O)Nc1ccc(C2CCC(c3ccc(NC(=O)[C@@H]4CCCN4C(=O)OC(C)(C)C)c(N)c3)N2c2cc(F)c(N3CCC(c4ccccc4)CC3)c(F)c2)cc1N. The Morgan fingerprint density at radius 1 is 0.580 bits per heavy atom. The van der Waals surface area contributed by atoms with Gasteiger partial charge in [0.05, 0.1) is 34.8 Å². The van der Waals surface area contributed by atoms with E-state index in [1.807, 2.05) is 35.2 Å². The van der Waals surface area contributed by atoms with Gasteiger partial charge < -0.3 is 41.4 Å². The van der Waals surface area contributed by atoms with Gasteiger partial charge in [-0.15, -0.1) is 0 Å². The van der Waals surface area contributed by atoms with Gasteiger partial charge in [-0.3, -0.25) is 19.4 Å². The second kappa shape index (κ2) is 19.8. The smallest absolute Gasteiger partial charge is 0.410 e. The van der Waals surface area contributed by atoms with Crippen molar-refractivity contribution >= 4 is 58.1 Å². The molecule has 4 saturated heterocycles. The standard InChI is InChI=1S/C53H66F2N8O6/c1-52(2,3)68-50(66)61-24-10-14-45(61)48(64)58-41-18-16-34(28-39(41)56)43-20-21-44(35-17-19-42(40(57)29-35)59-49(65)46-15-11-25-62(46)51(67)69-53(4,5)6)63(43)36-30-37(54)47(38(55)31-36)60-26-22-33(23-27-60)32-12-8-7-9-13-32/h7-9,12-13,16-19,28-31,33,43-46H,10-11,14-15,20-27,56-57H2,1-6H3,(H,58,64)(H,59,65)/t43?,44?,45-,46?/m0/s1. The van der Waals surface area contributed by atoms with Crippen LogP contribution in [0.25, 0.3) is 0 Å². The van der Waals surface area contributed by atoms with E-state index in [4.69, 9.17) is 20.9 Å². The predicted molar refractivity (Wildman–Crippen MR) is 265 cm³/mol. The summed E-state index contributed by atoms with van der Waals surface area (Å²) in [7, 11) is 0. The molecule has 0 spiro atoms. The zero-order chi connectivity index (χ0) is 49.4. The molecule has 4 aliphatic heterocycles. The van der Waals surface area contributed by atoms with Crippen LogP contribution >= 0.6 is 0 Å². The van der Waals surface area contributed by atoms with Crippen LogP contribution < -0.4 is 31.9 Å². The number of ether oxygens (including phenoxy) is 2. The van der Waals surface area contributed by atoms with Crippen LogP contribution in [0.15, 0.2) is 78.9 Å². The van der Waals surface area contributed by atoms with Crippen LogP contribution in [0.2, 0.25) is 0 Å². The third kappa shape index (κ3) is 11.0. The Hall–Kier alpha value is -6.58. The maximum atomic E-state index is 16.6. The Balaban J connectivity index is 1.05. The van der Waals surface area contributed by atoms with E-state index >= 15 is 8.78 Å². The lowest BCUT2D eigenvalue weighted by atomic mass is 9.89. The van der Waals surface area contributed by atoms with Crippen molar-refractivity contribution < 1.29 is 37.4 Å². The van der Waals surface area contributed by atoms with Gasteiger partial charge in [0.2, 0.25) is 11.8 Å². The second-order valence-corrected chi connectivity index (χ2v) is 20.8. The number of nitrogens with one attached hydrogen (secondary N) is 2. The molecule has 69 heavy (non-hydrogen) atoms. The van der Waals surface area contributed by atoms with Crippen LogP contribution in [0, 0.1) is 11.6 Å². The number of carbonyl (C=O) groups excluding carboxylic acids is 4. The van der Waals surface area contributed by atoms with Crippen LogP contribution in [-0.4, -0.2) is 83.3 Å². The summed E-state index contributed by atoms with van der Waals surface area (Å²) in [4.78, 5) is 59.9. The van der Waals surface area contributed by atoms with E-state index in [1.165, 1.54) is 27.5 Å². The first-order valence-electron chi connectivity index (χ1n) is 24.2. The molecule has 14 nitrogen and oxygen atoms in total. The molecule has 4 heterocycles. The summed E-state index contributed by atoms with van der Waals surface area (Å²) in [6, 6.07) is 21.4. The fraction of sp³-hybridized carbons (Fsp3) is 0.472. The minimum absolute atomic E-state index is 0.0498. The summed E-state index contributed by atoms with van der Waals surface area (Å²) in [5.74, 6) is -1.78. The van der Waals surface area contributed by atoms with Crippen LogP contribution in [0.5, 0.6) is 0 Å². The van der Waals surface area contributed by atoms with E-state index in [0.29, 0.717) is 87.7 Å². The van der Waals surface area contributed by atoms with Crippen LogP contribution in [0.3, 0.4) is 0 Å². The highest BCUT2D eigenvalue weighted by molar-refractivity contribution is 6.00. The lowest BCUT2D eigenvalue weighted by molar-refractivity contribution is -0.121. The van der Waals surface area contributed by atoms with Crippen molar-refractivity contribution in [2.75, 3.05) is 58.1 Å². The number of amides is 4. The molecule has 0 saturated carbocycles. The Kier molecular flexibility index (Phi) is 14.0. The first-order valence-corrected chi connectivity index (χ1v) is 24.2. The van der Waals surface area contributed by atoms with Gasteiger partial charge in [0.15, 0.2) is 11.6 Å². The average Bonchev–Trinajstić information content (AvgIpc) is 4.08. The van der Waals surface area contributed by atoms with Gasteiger partial charge in [-0.25, -0.2) is 18.4 Å². The normalized spacial score (nSPS) is 21.1. The molecule has 4 amide bonds. The van der Waals surface area contributed by atoms with Gasteiger partial charge in [0.25, 0.3) is 0 Å². The maximum Gasteiger partial charge on any atom is 0.410 e. The molecule has 0 radical (unpaired) electrons. The van der Waals surface area contributed by atoms with Crippen molar-refractivity contribution in [2.24, 2.45) is 0 Å². The van der Waals surface area contributed by atoms with E-state index in [2.05, 4.69) is 22.8 Å². The first kappa shape index (κ1) is 48.9. The van der Waals surface area contributed by atoms with Gasteiger partial charge in [-0.1, -0.05) is 42.5 Å². The average molecular weight is 949 g/mol. The minimum Gasteiger partial charge on any atom is -0.444 e. The summed E-state index contributed by atoms with van der Waals surface area (Å²) in [6.07, 6.45) is 3.82. The van der Waals surface area contributed by atoms with Gasteiger partial charge >= 0.3 is 12.2 Å². The summed E-state index contributed by atoms with van der Waals surface area (Å²) in [5, 5.41) is 5.84. The number of hydrogen-bond donors (Lipinski definition) is 4. The molecule has 0 aliphatic carbocycles. The third-order valence-electron chi connectivity index (χ3n) is 13.6. The molecule has 3 unspecified atom stereocenters. The molecule has 16 heteroatoms. The van der Waals surface area contributed by atoms with E-state index in [1.54, 1.807) is 70.7 Å². The molecule has 4 aromatic rings. The largest absolute Gasteiger partial charge is 0.444 e. The van der Waals surface area contributed by atoms with Crippen molar-refractivity contribution in [3.8, 4) is 0 Å². The molecular formula is C53H66F2N8O6. The van der Waals surface area contributed by atoms with E-state index in [-0.39, 0.29) is 28.9 Å². The Morgan fingerprint density at radius 2 is 1.03 bits per heavy atom. The van der Waals surface area contributed by atoms with Crippen molar-refractivity contribution in [3.05, 3.63) is 107 Å². The summed E-state index contributed by atoms with van der Waals surface area (Å²) in [6.45, 7) is 12.5. The van der Waals surface area contributed by atoms with Gasteiger partial charge in [0.1, 0.15) is 29.0 Å². The van der Waals surface area contributed by atoms with Gasteiger partial charge in [-0.2, -0.15) is 0 Å². The monoisotopic (exact) mass is 949 g/mol. The number of piperidine rings is 1. The van der Waals surface area contributed by atoms with Gasteiger partial charge in [-0.05, 0) is 152 Å². The summed E-state index contributed by atoms with van der Waals surface area (Å²) in [5.41, 5.74) is 16.3. The zero-order valence-electron chi connectivity index (χ0n) is 40.5. The molecule has 4 aromatic carbocycles. The molecule has 4 atom stereocenters. The van der Waals surface area contributed by atoms with Crippen molar-refractivity contribution in [3.63, 3.8) is 0 Å². The van der Waals surface area contributed by atoms with Crippen molar-refractivity contribution in [1.29, 1.82) is 0 Å². The Morgan fingerprint density at radius 3 is 1.45 bits per heavy atom. The summed E-state index contributed by atoms with van der Waals surface area (Å²) < 4.78 is 44.3. The Bertz CT molecular complexity index is 2420. The second-order valence-electron chi connectivity index (χ2n) is 20.8. The van der Waals surface area contributed by atoms with Crippen molar-refractivity contribution in [1.82, 2.24) is 9.80 Å². The highest BCUT2D eigenvalue weighted by Crippen LogP contribution is 2.49. The number of nitrogens with two attached hydrogens (primary N) is 2. The first-order chi connectivity index (χ1) is 32.7. The van der Waals surface area contributed by atoms with Crippen LogP contribution in [0.4, 0.5) is 52.5 Å². The topological polar surface area (TPSA) is 176 Å². The lowest BCUT2D eigenvalue weighted by Crippen LogP contribution is -2.45. The summed E-state index contributed by atoms with van der Waals surface area (Å²) >= 11 is 0. The predicted octanol–water partition coefficient (Wildman–Crippen LogP) is 10.3. The van der Waals surface area contributed by atoms with E-state index in [0.717, 1.165) is 24.0 Å². The molecule has 368 valence electrons. The molecular weight excluding hydrogens is 883 g/mol. The fourth-order valence-corrected chi connectivity index (χ4v) is 10.4. The van der Waals surface area contributed by atoms with Crippen LogP contribution in [0.1, 0.15) is 128 Å². The maximum absolute atomic E-state index is 16.6. The van der Waals surface area contributed by atoms with E-state index in [9.17, 15) is 19.2 Å². The number of benzene rings is 4. The number of likely N-dealkylation sites (tertiary alicyclic amines) is 2. The number of nitrogens with zero attached hydrogens (tertiary/aromatic N) is 4. The third-order valence-corrected chi connectivity index (χ3v) is 13.6. The number of halogens is 2. The number of nitrogen functional groups attached to an aromatic ring is 2.